The lowest BCUT2D eigenvalue weighted by Crippen LogP contribution is -2.72. The van der Waals surface area contributed by atoms with E-state index in [4.69, 9.17) is 13.6 Å². The molecule has 59 heavy (non-hydrogen) atoms. The van der Waals surface area contributed by atoms with Crippen LogP contribution in [0, 0.1) is 24.2 Å². The van der Waals surface area contributed by atoms with E-state index in [1.165, 1.54) is 0 Å². The second-order valence-corrected chi connectivity index (χ2v) is 28.0. The third-order valence-corrected chi connectivity index (χ3v) is 22.2. The first-order valence-corrected chi connectivity index (χ1v) is 27.2. The normalized spacial score (nSPS) is 24.9. The maximum absolute atomic E-state index is 14.1. The van der Waals surface area contributed by atoms with Crippen LogP contribution >= 0.6 is 11.3 Å². The number of carbonyl (C=O) groups excluding carboxylic acids is 1. The second kappa shape index (κ2) is 20.0. The fourth-order valence-electron chi connectivity index (χ4n) is 8.26. The molecule has 5 rings (SSSR count). The van der Waals surface area contributed by atoms with Crippen molar-refractivity contribution in [3.8, 4) is 0 Å². The van der Waals surface area contributed by atoms with E-state index in [-0.39, 0.29) is 29.4 Å². The summed E-state index contributed by atoms with van der Waals surface area (Å²) in [5.74, 6) is -0.416. The number of thiazole rings is 1. The van der Waals surface area contributed by atoms with E-state index in [1.54, 1.807) is 11.3 Å². The first-order chi connectivity index (χ1) is 27.9. The van der Waals surface area contributed by atoms with E-state index in [9.17, 15) is 9.90 Å². The highest BCUT2D eigenvalue weighted by atomic mass is 32.1. The van der Waals surface area contributed by atoms with E-state index < -0.39 is 46.3 Å². The predicted octanol–water partition coefficient (Wildman–Crippen LogP) is 10.4. The van der Waals surface area contributed by atoms with Gasteiger partial charge in [0, 0.05) is 23.1 Å². The number of benzene rings is 3. The molecule has 6 nitrogen and oxygen atoms in total. The number of aryl methyl sites for hydroxylation is 1. The van der Waals surface area contributed by atoms with Crippen LogP contribution in [0.3, 0.4) is 0 Å². The van der Waals surface area contributed by atoms with Crippen molar-refractivity contribution in [2.75, 3.05) is 0 Å². The molecule has 1 aliphatic rings. The van der Waals surface area contributed by atoms with Crippen LogP contribution in [0.25, 0.3) is 6.08 Å². The van der Waals surface area contributed by atoms with Crippen molar-refractivity contribution in [3.05, 3.63) is 125 Å². The molecule has 1 N–H and O–H groups in total. The number of hydrogen-bond acceptors (Lipinski definition) is 7. The van der Waals surface area contributed by atoms with Gasteiger partial charge in [0.15, 0.2) is 8.32 Å². The Morgan fingerprint density at radius 2 is 1.44 bits per heavy atom. The number of rotatable bonds is 9. The summed E-state index contributed by atoms with van der Waals surface area (Å²) in [5.41, 5.74) is 0.847. The van der Waals surface area contributed by atoms with Crippen molar-refractivity contribution in [1.29, 1.82) is 0 Å². The number of aliphatic hydroxyl groups excluding tert-OH is 1. The highest BCUT2D eigenvalue weighted by molar-refractivity contribution is 7.09. The minimum atomic E-state index is -3.31. The molecule has 0 saturated heterocycles. The minimum Gasteiger partial charge on any atom is -0.457 e. The highest BCUT2D eigenvalue weighted by Gasteiger charge is 2.53. The van der Waals surface area contributed by atoms with Gasteiger partial charge in [-0.1, -0.05) is 152 Å². The van der Waals surface area contributed by atoms with Gasteiger partial charge in [-0.15, -0.1) is 11.3 Å². The maximum Gasteiger partial charge on any atom is 0.309 e. The summed E-state index contributed by atoms with van der Waals surface area (Å²) < 4.78 is 21.9. The number of hydrogen-bond donors (Lipinski definition) is 1. The lowest BCUT2D eigenvalue weighted by atomic mass is 9.71. The lowest BCUT2D eigenvalue weighted by molar-refractivity contribution is -0.154. The number of nitrogens with zero attached hydrogens (tertiary/aromatic N) is 1. The summed E-state index contributed by atoms with van der Waals surface area (Å²) in [6, 6.07) is 31.8. The van der Waals surface area contributed by atoms with Crippen molar-refractivity contribution in [2.45, 2.75) is 137 Å². The molecule has 0 bridgehead atoms. The van der Waals surface area contributed by atoms with Crippen molar-refractivity contribution in [3.63, 3.8) is 0 Å². The SMILES string of the molecule is C/C(=C/c1csc(C)n1)[C@@H]1C/C=C\CCC[C@H](C)C(O[Si](C)(C)C(C)(C)C)[C@@H](C)[C@@H](O[Si](c2ccccc2)(c2ccccc2)c2ccccc2)C(C)(C)[C@@H](O)CC(=O)O1. The van der Waals surface area contributed by atoms with Crippen LogP contribution in [0.1, 0.15) is 98.2 Å². The van der Waals surface area contributed by atoms with Gasteiger partial charge in [-0.2, -0.15) is 0 Å². The summed E-state index contributed by atoms with van der Waals surface area (Å²) in [5, 5.41) is 18.9. The molecule has 1 unspecified atom stereocenters. The van der Waals surface area contributed by atoms with Crippen molar-refractivity contribution in [1.82, 2.24) is 4.98 Å². The van der Waals surface area contributed by atoms with E-state index in [2.05, 4.69) is 170 Å². The molecule has 0 aliphatic carbocycles. The van der Waals surface area contributed by atoms with Gasteiger partial charge in [0.1, 0.15) is 6.10 Å². The van der Waals surface area contributed by atoms with Crippen molar-refractivity contribution in [2.24, 2.45) is 17.3 Å². The fraction of sp³-hybridized carbons (Fsp3) is 0.480. The Morgan fingerprint density at radius 3 is 1.93 bits per heavy atom. The molecule has 1 aliphatic heterocycles. The van der Waals surface area contributed by atoms with Crippen LogP contribution in [0.5, 0.6) is 0 Å². The molecule has 0 radical (unpaired) electrons. The van der Waals surface area contributed by atoms with Gasteiger partial charge >= 0.3 is 5.97 Å². The monoisotopic (exact) mass is 851 g/mol. The predicted molar refractivity (Wildman–Crippen MR) is 252 cm³/mol. The average Bonchev–Trinajstić information content (AvgIpc) is 3.61. The van der Waals surface area contributed by atoms with Crippen LogP contribution < -0.4 is 15.6 Å². The van der Waals surface area contributed by atoms with Crippen molar-refractivity contribution >= 4 is 55.6 Å². The lowest BCUT2D eigenvalue weighted by Gasteiger charge is -2.51. The van der Waals surface area contributed by atoms with E-state index in [0.717, 1.165) is 51.1 Å². The Balaban J connectivity index is 1.68. The quantitative estimate of drug-likeness (QED) is 0.0782. The number of aromatic nitrogens is 1. The molecule has 0 fully saturated rings. The van der Waals surface area contributed by atoms with Gasteiger partial charge in [-0.3, -0.25) is 4.79 Å². The third kappa shape index (κ3) is 11.3. The summed E-state index contributed by atoms with van der Waals surface area (Å²) in [6.45, 7) is 24.3. The molecule has 6 atom stereocenters. The largest absolute Gasteiger partial charge is 0.457 e. The summed E-state index contributed by atoms with van der Waals surface area (Å²) in [6.07, 6.45) is 7.32. The molecule has 0 amide bonds. The fourth-order valence-corrected chi connectivity index (χ4v) is 14.6. The van der Waals surface area contributed by atoms with Gasteiger partial charge in [0.2, 0.25) is 0 Å². The zero-order chi connectivity index (χ0) is 43.0. The van der Waals surface area contributed by atoms with Gasteiger partial charge < -0.3 is 18.7 Å². The van der Waals surface area contributed by atoms with Crippen LogP contribution in [-0.2, 0) is 18.4 Å². The Kier molecular flexibility index (Phi) is 15.8. The van der Waals surface area contributed by atoms with Crippen LogP contribution in [0.4, 0.5) is 0 Å². The topological polar surface area (TPSA) is 77.9 Å². The van der Waals surface area contributed by atoms with Crippen LogP contribution in [-0.4, -0.2) is 57.1 Å². The molecule has 2 heterocycles. The van der Waals surface area contributed by atoms with E-state index in [0.29, 0.717) is 6.42 Å². The standard InChI is InChI=1S/C50H69NO5SSi2/c1-36-25-17-12-13-24-32-44(37(2)33-40-35-57-39(4)51-40)54-46(53)34-45(52)50(8,9)48(38(3)47(36)55-58(10,11)49(5,6)7)56-59(41-26-18-14-19-27-41,42-28-20-15-21-29-42)43-30-22-16-23-31-43/h13-16,18-24,26-31,33,35-36,38,44-45,47-48,52H,12,17,25,32,34H2,1-11H3/b24-13-,37-33-/t36-,38+,44-,45-,47?,48+/m0/s1. The Labute approximate surface area is 361 Å². The highest BCUT2D eigenvalue weighted by Crippen LogP contribution is 2.44. The van der Waals surface area contributed by atoms with Crippen LogP contribution in [0.2, 0.25) is 18.1 Å². The molecule has 3 aromatic carbocycles. The smallest absolute Gasteiger partial charge is 0.309 e. The first kappa shape index (κ1) is 46.6. The number of carbonyl (C=O) groups is 1. The number of esters is 1. The third-order valence-electron chi connectivity index (χ3n) is 12.9. The average molecular weight is 852 g/mol. The van der Waals surface area contributed by atoms with Gasteiger partial charge in [-0.05, 0) is 84.4 Å². The molecule has 9 heteroatoms. The molecule has 0 saturated carbocycles. The molecule has 1 aromatic heterocycles. The Hall–Kier alpha value is -3.45. The first-order valence-electron chi connectivity index (χ1n) is 21.5. The Morgan fingerprint density at radius 1 is 0.898 bits per heavy atom. The molecule has 4 aromatic rings. The maximum atomic E-state index is 14.1. The molecular weight excluding hydrogens is 783 g/mol. The van der Waals surface area contributed by atoms with E-state index in [1.807, 2.05) is 25.3 Å². The summed E-state index contributed by atoms with van der Waals surface area (Å²) in [7, 11) is -5.62. The summed E-state index contributed by atoms with van der Waals surface area (Å²) >= 11 is 1.60. The van der Waals surface area contributed by atoms with Gasteiger partial charge in [0.25, 0.3) is 8.32 Å². The number of cyclic esters (lactones) is 1. The van der Waals surface area contributed by atoms with Crippen LogP contribution in [0.15, 0.2) is 114 Å². The Bertz CT molecular complexity index is 1890. The minimum absolute atomic E-state index is 0.0162. The van der Waals surface area contributed by atoms with E-state index >= 15 is 0 Å². The number of allylic oxidation sites excluding steroid dienone is 1. The van der Waals surface area contributed by atoms with Gasteiger partial charge in [-0.25, -0.2) is 4.98 Å². The molecular formula is C50H69NO5SSi2. The zero-order valence-electron chi connectivity index (χ0n) is 37.4. The van der Waals surface area contributed by atoms with Gasteiger partial charge in [0.05, 0.1) is 35.4 Å². The zero-order valence-corrected chi connectivity index (χ0v) is 40.2. The number of aliphatic hydroxyl groups is 1. The second-order valence-electron chi connectivity index (χ2n) is 18.8. The summed E-state index contributed by atoms with van der Waals surface area (Å²) in [4.78, 5) is 18.7. The van der Waals surface area contributed by atoms with Crippen molar-refractivity contribution < 1.29 is 23.5 Å². The molecule has 318 valence electrons. The molecule has 0 spiro atoms. The number of ether oxygens (including phenoxy) is 1.